The van der Waals surface area contributed by atoms with Gasteiger partial charge in [-0.25, -0.2) is 0 Å². The zero-order chi connectivity index (χ0) is 17.6. The highest BCUT2D eigenvalue weighted by Gasteiger charge is 2.26. The number of hydrogen-bond acceptors (Lipinski definition) is 3. The molecule has 6 nitrogen and oxygen atoms in total. The van der Waals surface area contributed by atoms with Crippen LogP contribution in [0.25, 0.3) is 0 Å². The van der Waals surface area contributed by atoms with Crippen LogP contribution in [0.5, 0.6) is 0 Å². The summed E-state index contributed by atoms with van der Waals surface area (Å²) < 4.78 is 0. The van der Waals surface area contributed by atoms with Crippen LogP contribution in [0, 0.1) is 10.1 Å². The van der Waals surface area contributed by atoms with E-state index < -0.39 is 4.92 Å². The minimum atomic E-state index is -0.414. The van der Waals surface area contributed by atoms with Crippen LogP contribution in [0.1, 0.15) is 12.0 Å². The largest absolute Gasteiger partial charge is 0.354 e. The number of anilines is 1. The first-order chi connectivity index (χ1) is 12.1. The first-order valence-electron chi connectivity index (χ1n) is 8.29. The van der Waals surface area contributed by atoms with Crippen LogP contribution >= 0.6 is 12.2 Å². The molecule has 3 N–H and O–H groups in total. The number of nitro benzene ring substituents is 1. The SMILES string of the molecule is O=[N+]([O-])c1ccc(NC(=S)N[C@H]2CC[NH+](Cc3ccccc3)C2)cc1. The summed E-state index contributed by atoms with van der Waals surface area (Å²) in [6.45, 7) is 3.17. The number of thiocarbonyl (C=S) groups is 1. The van der Waals surface area contributed by atoms with Crippen LogP contribution < -0.4 is 15.5 Å². The van der Waals surface area contributed by atoms with Crippen LogP contribution in [-0.2, 0) is 6.54 Å². The smallest absolute Gasteiger partial charge is 0.269 e. The van der Waals surface area contributed by atoms with Crippen molar-refractivity contribution in [1.29, 1.82) is 0 Å². The minimum Gasteiger partial charge on any atom is -0.354 e. The topological polar surface area (TPSA) is 71.6 Å². The van der Waals surface area contributed by atoms with Crippen molar-refractivity contribution in [3.63, 3.8) is 0 Å². The maximum absolute atomic E-state index is 10.7. The van der Waals surface area contributed by atoms with E-state index in [2.05, 4.69) is 34.9 Å². The fourth-order valence-corrected chi connectivity index (χ4v) is 3.40. The molecule has 1 unspecified atom stereocenters. The molecule has 1 aliphatic rings. The molecule has 0 bridgehead atoms. The number of likely N-dealkylation sites (tertiary alicyclic amines) is 1. The second-order valence-electron chi connectivity index (χ2n) is 6.25. The number of non-ortho nitro benzene ring substituents is 1. The molecule has 0 amide bonds. The molecule has 1 heterocycles. The summed E-state index contributed by atoms with van der Waals surface area (Å²) in [7, 11) is 0. The van der Waals surface area contributed by atoms with E-state index in [1.807, 2.05) is 6.07 Å². The van der Waals surface area contributed by atoms with E-state index in [0.717, 1.165) is 31.7 Å². The predicted octanol–water partition coefficient (Wildman–Crippen LogP) is 1.74. The number of rotatable bonds is 5. The highest BCUT2D eigenvalue weighted by molar-refractivity contribution is 7.80. The third-order valence-corrected chi connectivity index (χ3v) is 4.57. The molecule has 3 rings (SSSR count). The summed E-state index contributed by atoms with van der Waals surface area (Å²) in [5.74, 6) is 0. The first-order valence-corrected chi connectivity index (χ1v) is 8.70. The van der Waals surface area contributed by atoms with Gasteiger partial charge in [0.1, 0.15) is 6.54 Å². The molecule has 130 valence electrons. The molecule has 0 aliphatic carbocycles. The quantitative estimate of drug-likeness (QED) is 0.432. The molecule has 1 saturated heterocycles. The van der Waals surface area contributed by atoms with Crippen molar-refractivity contribution in [2.24, 2.45) is 0 Å². The summed E-state index contributed by atoms with van der Waals surface area (Å²) in [5.41, 5.74) is 2.17. The normalized spacial score (nSPS) is 19.4. The lowest BCUT2D eigenvalue weighted by Crippen LogP contribution is -3.09. The van der Waals surface area contributed by atoms with Gasteiger partial charge in [-0.2, -0.15) is 0 Å². The van der Waals surface area contributed by atoms with Gasteiger partial charge in [0.15, 0.2) is 5.11 Å². The summed E-state index contributed by atoms with van der Waals surface area (Å²) in [4.78, 5) is 11.8. The average Bonchev–Trinajstić information content (AvgIpc) is 3.03. The Bertz CT molecular complexity index is 737. The van der Waals surface area contributed by atoms with Gasteiger partial charge < -0.3 is 15.5 Å². The standard InChI is InChI=1S/C18H20N4O2S/c23-22(24)17-8-6-15(7-9-17)19-18(25)20-16-10-11-21(13-16)12-14-4-2-1-3-5-14/h1-9,16H,10-13H2,(H2,19,20,25)/p+1/t16-/m0/s1. The molecule has 1 aliphatic heterocycles. The Hall–Kier alpha value is -2.51. The maximum Gasteiger partial charge on any atom is 0.269 e. The molecule has 0 saturated carbocycles. The van der Waals surface area contributed by atoms with Gasteiger partial charge in [0, 0.05) is 29.8 Å². The Labute approximate surface area is 152 Å². The molecule has 1 fully saturated rings. The summed E-state index contributed by atoms with van der Waals surface area (Å²) in [6.07, 6.45) is 1.07. The molecule has 0 radical (unpaired) electrons. The van der Waals surface area contributed by atoms with E-state index in [1.54, 1.807) is 17.0 Å². The monoisotopic (exact) mass is 357 g/mol. The third-order valence-electron chi connectivity index (χ3n) is 4.35. The molecule has 2 aromatic rings. The van der Waals surface area contributed by atoms with Crippen molar-refractivity contribution < 1.29 is 9.82 Å². The Balaban J connectivity index is 1.46. The van der Waals surface area contributed by atoms with E-state index >= 15 is 0 Å². The highest BCUT2D eigenvalue weighted by Crippen LogP contribution is 2.15. The molecular weight excluding hydrogens is 336 g/mol. The van der Waals surface area contributed by atoms with E-state index in [1.165, 1.54) is 17.7 Å². The van der Waals surface area contributed by atoms with Gasteiger partial charge in [0.25, 0.3) is 5.69 Å². The minimum absolute atomic E-state index is 0.0698. The van der Waals surface area contributed by atoms with Gasteiger partial charge in [-0.1, -0.05) is 30.3 Å². The first kappa shape index (κ1) is 17.3. The van der Waals surface area contributed by atoms with Gasteiger partial charge in [-0.05, 0) is 24.4 Å². The van der Waals surface area contributed by atoms with Crippen molar-refractivity contribution in [3.8, 4) is 0 Å². The van der Waals surface area contributed by atoms with Gasteiger partial charge in [0.2, 0.25) is 0 Å². The van der Waals surface area contributed by atoms with Gasteiger partial charge in [-0.15, -0.1) is 0 Å². The molecule has 0 spiro atoms. The molecule has 0 aromatic heterocycles. The molecular formula is C18H21N4O2S+. The number of quaternary nitrogens is 1. The van der Waals surface area contributed by atoms with Crippen LogP contribution in [0.3, 0.4) is 0 Å². The van der Waals surface area contributed by atoms with Gasteiger partial charge in [0.05, 0.1) is 24.1 Å². The third kappa shape index (κ3) is 4.98. The van der Waals surface area contributed by atoms with Gasteiger partial charge >= 0.3 is 0 Å². The van der Waals surface area contributed by atoms with Crippen LogP contribution in [0.4, 0.5) is 11.4 Å². The van der Waals surface area contributed by atoms with E-state index in [4.69, 9.17) is 12.2 Å². The zero-order valence-electron chi connectivity index (χ0n) is 13.8. The van der Waals surface area contributed by atoms with Gasteiger partial charge in [-0.3, -0.25) is 10.1 Å². The fraction of sp³-hybridized carbons (Fsp3) is 0.278. The van der Waals surface area contributed by atoms with Crippen LogP contribution in [0.15, 0.2) is 54.6 Å². The van der Waals surface area contributed by atoms with E-state index in [-0.39, 0.29) is 5.69 Å². The second kappa shape index (κ2) is 8.04. The zero-order valence-corrected chi connectivity index (χ0v) is 14.6. The number of nitrogens with zero attached hydrogens (tertiary/aromatic N) is 1. The average molecular weight is 357 g/mol. The number of hydrogen-bond donors (Lipinski definition) is 3. The molecule has 7 heteroatoms. The Kier molecular flexibility index (Phi) is 5.57. The Morgan fingerprint density at radius 3 is 2.60 bits per heavy atom. The van der Waals surface area contributed by atoms with E-state index in [0.29, 0.717) is 11.2 Å². The lowest BCUT2D eigenvalue weighted by atomic mass is 10.2. The fourth-order valence-electron chi connectivity index (χ4n) is 3.12. The lowest BCUT2D eigenvalue weighted by Gasteiger charge is -2.16. The maximum atomic E-state index is 10.7. The van der Waals surface area contributed by atoms with Crippen LogP contribution in [0.2, 0.25) is 0 Å². The molecule has 2 atom stereocenters. The van der Waals surface area contributed by atoms with Crippen molar-refractivity contribution >= 4 is 28.7 Å². The van der Waals surface area contributed by atoms with Crippen molar-refractivity contribution in [2.45, 2.75) is 19.0 Å². The number of nitrogens with one attached hydrogen (secondary N) is 3. The summed E-state index contributed by atoms with van der Waals surface area (Å²) in [5, 5.41) is 17.7. The summed E-state index contributed by atoms with van der Waals surface area (Å²) in [6, 6.07) is 17.1. The number of benzene rings is 2. The highest BCUT2D eigenvalue weighted by atomic mass is 32.1. The lowest BCUT2D eigenvalue weighted by molar-refractivity contribution is -0.901. The van der Waals surface area contributed by atoms with Crippen molar-refractivity contribution in [3.05, 3.63) is 70.3 Å². The predicted molar refractivity (Wildman–Crippen MR) is 102 cm³/mol. The molecule has 25 heavy (non-hydrogen) atoms. The number of nitro groups is 1. The van der Waals surface area contributed by atoms with Crippen molar-refractivity contribution in [2.75, 3.05) is 18.4 Å². The molecule has 2 aromatic carbocycles. The van der Waals surface area contributed by atoms with E-state index in [9.17, 15) is 10.1 Å². The summed E-state index contributed by atoms with van der Waals surface area (Å²) >= 11 is 5.36. The Morgan fingerprint density at radius 2 is 1.92 bits per heavy atom. The second-order valence-corrected chi connectivity index (χ2v) is 6.66. The van der Waals surface area contributed by atoms with Crippen molar-refractivity contribution in [1.82, 2.24) is 5.32 Å². The Morgan fingerprint density at radius 1 is 1.20 bits per heavy atom. The van der Waals surface area contributed by atoms with Crippen LogP contribution in [-0.4, -0.2) is 29.2 Å².